The zero-order valence-corrected chi connectivity index (χ0v) is 13.1. The Balaban J connectivity index is 1.75. The lowest BCUT2D eigenvalue weighted by atomic mass is 10.00. The first-order valence-corrected chi connectivity index (χ1v) is 7.94. The van der Waals surface area contributed by atoms with E-state index in [2.05, 4.69) is 46.4 Å². The van der Waals surface area contributed by atoms with Crippen LogP contribution in [0.3, 0.4) is 0 Å². The number of hydrogen-bond acceptors (Lipinski definition) is 2. The highest BCUT2D eigenvalue weighted by Crippen LogP contribution is 2.30. The minimum absolute atomic E-state index is 0.955. The molecule has 0 spiro atoms. The molecule has 2 nitrogen and oxygen atoms in total. The van der Waals surface area contributed by atoms with Crippen molar-refractivity contribution in [1.29, 1.82) is 0 Å². The van der Waals surface area contributed by atoms with Crippen molar-refractivity contribution in [3.63, 3.8) is 0 Å². The van der Waals surface area contributed by atoms with E-state index in [4.69, 9.17) is 0 Å². The Labute approximate surface area is 141 Å². The number of pyridine rings is 2. The van der Waals surface area contributed by atoms with Crippen LogP contribution >= 0.6 is 0 Å². The number of aromatic nitrogens is 2. The van der Waals surface area contributed by atoms with Gasteiger partial charge in [-0.2, -0.15) is 0 Å². The summed E-state index contributed by atoms with van der Waals surface area (Å²) in [6.07, 6.45) is 3.75. The van der Waals surface area contributed by atoms with Crippen LogP contribution in [0, 0.1) is 0 Å². The second kappa shape index (κ2) is 6.47. The Hall–Kier alpha value is -3.26. The molecule has 24 heavy (non-hydrogen) atoms. The van der Waals surface area contributed by atoms with Crippen molar-refractivity contribution in [3.05, 3.63) is 97.3 Å². The predicted octanol–water partition coefficient (Wildman–Crippen LogP) is 5.48. The molecule has 0 unspecified atom stereocenters. The fraction of sp³-hybridized carbons (Fsp3) is 0. The Kier molecular flexibility index (Phi) is 3.86. The number of rotatable bonds is 3. The molecule has 2 aromatic carbocycles. The fourth-order valence-corrected chi connectivity index (χ4v) is 2.81. The molecule has 0 atom stereocenters. The lowest BCUT2D eigenvalue weighted by Gasteiger charge is -2.09. The third-order valence-electron chi connectivity index (χ3n) is 4.01. The molecule has 0 aliphatic heterocycles. The smallest absolute Gasteiger partial charge is 0.0709 e. The monoisotopic (exact) mass is 308 g/mol. The van der Waals surface area contributed by atoms with E-state index in [0.717, 1.165) is 28.1 Å². The van der Waals surface area contributed by atoms with Gasteiger partial charge in [0.2, 0.25) is 0 Å². The topological polar surface area (TPSA) is 25.8 Å². The van der Waals surface area contributed by atoms with Crippen LogP contribution < -0.4 is 0 Å². The zero-order valence-electron chi connectivity index (χ0n) is 13.1. The largest absolute Gasteiger partial charge is 0.256 e. The van der Waals surface area contributed by atoms with Crippen LogP contribution in [-0.4, -0.2) is 9.97 Å². The Morgan fingerprint density at radius 3 is 1.75 bits per heavy atom. The van der Waals surface area contributed by atoms with Gasteiger partial charge < -0.3 is 0 Å². The molecular formula is C22H16N2. The number of benzene rings is 2. The summed E-state index contributed by atoms with van der Waals surface area (Å²) in [6.45, 7) is 0. The van der Waals surface area contributed by atoms with Crippen LogP contribution in [-0.2, 0) is 0 Å². The molecule has 0 N–H and O–H groups in total. The van der Waals surface area contributed by atoms with E-state index in [9.17, 15) is 0 Å². The molecule has 4 aromatic rings. The first-order chi connectivity index (χ1) is 11.9. The van der Waals surface area contributed by atoms with Crippen LogP contribution in [0.4, 0.5) is 0 Å². The van der Waals surface area contributed by atoms with Gasteiger partial charge in [0, 0.05) is 29.1 Å². The van der Waals surface area contributed by atoms with E-state index in [1.165, 1.54) is 5.56 Å². The highest BCUT2D eigenvalue weighted by Gasteiger charge is 2.09. The van der Waals surface area contributed by atoms with Gasteiger partial charge >= 0.3 is 0 Å². The molecule has 2 aromatic heterocycles. The van der Waals surface area contributed by atoms with Crippen molar-refractivity contribution in [3.8, 4) is 33.6 Å². The number of nitrogens with zero attached hydrogens (tertiary/aromatic N) is 2. The average Bonchev–Trinajstić information content (AvgIpc) is 2.69. The summed E-state index contributed by atoms with van der Waals surface area (Å²) >= 11 is 0. The van der Waals surface area contributed by atoms with Crippen LogP contribution in [0.5, 0.6) is 0 Å². The Morgan fingerprint density at radius 2 is 1.12 bits per heavy atom. The van der Waals surface area contributed by atoms with E-state index in [1.54, 1.807) is 0 Å². The molecule has 2 heteroatoms. The summed E-state index contributed by atoms with van der Waals surface area (Å²) in [5.41, 5.74) is 6.40. The highest BCUT2D eigenvalue weighted by atomic mass is 14.7. The molecular weight excluding hydrogens is 292 g/mol. The van der Waals surface area contributed by atoms with Gasteiger partial charge in [0.05, 0.1) is 11.4 Å². The highest BCUT2D eigenvalue weighted by molar-refractivity contribution is 5.80. The maximum Gasteiger partial charge on any atom is 0.0709 e. The lowest BCUT2D eigenvalue weighted by molar-refractivity contribution is 1.30. The third kappa shape index (κ3) is 2.82. The average molecular weight is 308 g/mol. The van der Waals surface area contributed by atoms with Gasteiger partial charge in [-0.05, 0) is 23.8 Å². The molecule has 2 heterocycles. The van der Waals surface area contributed by atoms with Gasteiger partial charge in [-0.25, -0.2) is 0 Å². The summed E-state index contributed by atoms with van der Waals surface area (Å²) in [5.74, 6) is 0. The molecule has 0 saturated heterocycles. The van der Waals surface area contributed by atoms with Crippen molar-refractivity contribution >= 4 is 0 Å². The van der Waals surface area contributed by atoms with Gasteiger partial charge in [-0.15, -0.1) is 0 Å². The van der Waals surface area contributed by atoms with Crippen molar-refractivity contribution in [1.82, 2.24) is 9.97 Å². The molecule has 4 rings (SSSR count). The zero-order chi connectivity index (χ0) is 16.2. The van der Waals surface area contributed by atoms with E-state index in [-0.39, 0.29) is 0 Å². The molecule has 0 aliphatic carbocycles. The standard InChI is InChI=1S/C22H16N2/c1-2-8-17(9-3-1)18-13-14-22(24-16-18)20-11-5-4-10-19(20)21-12-6-7-15-23-21/h1-16H. The third-order valence-corrected chi connectivity index (χ3v) is 4.01. The van der Waals surface area contributed by atoms with E-state index in [1.807, 2.05) is 60.9 Å². The normalized spacial score (nSPS) is 10.5. The summed E-state index contributed by atoms with van der Waals surface area (Å²) in [6, 6.07) is 28.7. The molecule has 0 saturated carbocycles. The van der Waals surface area contributed by atoms with Crippen molar-refractivity contribution in [2.24, 2.45) is 0 Å². The van der Waals surface area contributed by atoms with Gasteiger partial charge in [0.25, 0.3) is 0 Å². The second-order valence-corrected chi connectivity index (χ2v) is 5.56. The summed E-state index contributed by atoms with van der Waals surface area (Å²) < 4.78 is 0. The summed E-state index contributed by atoms with van der Waals surface area (Å²) in [7, 11) is 0. The van der Waals surface area contributed by atoms with Gasteiger partial charge in [0.1, 0.15) is 0 Å². The van der Waals surface area contributed by atoms with Crippen LogP contribution in [0.25, 0.3) is 33.6 Å². The molecule has 0 radical (unpaired) electrons. The minimum Gasteiger partial charge on any atom is -0.256 e. The van der Waals surface area contributed by atoms with Crippen LogP contribution in [0.2, 0.25) is 0 Å². The maximum atomic E-state index is 4.68. The van der Waals surface area contributed by atoms with Gasteiger partial charge in [-0.3, -0.25) is 9.97 Å². The van der Waals surface area contributed by atoms with E-state index >= 15 is 0 Å². The van der Waals surface area contributed by atoms with E-state index in [0.29, 0.717) is 0 Å². The first kappa shape index (κ1) is 14.3. The molecule has 114 valence electrons. The summed E-state index contributed by atoms with van der Waals surface area (Å²) in [4.78, 5) is 9.16. The van der Waals surface area contributed by atoms with Crippen LogP contribution in [0.1, 0.15) is 0 Å². The minimum atomic E-state index is 0.955. The molecule has 0 fully saturated rings. The van der Waals surface area contributed by atoms with Gasteiger partial charge in [0.15, 0.2) is 0 Å². The maximum absolute atomic E-state index is 4.68. The van der Waals surface area contributed by atoms with Gasteiger partial charge in [-0.1, -0.05) is 66.7 Å². The van der Waals surface area contributed by atoms with Crippen molar-refractivity contribution in [2.45, 2.75) is 0 Å². The molecule has 0 aliphatic rings. The predicted molar refractivity (Wildman–Crippen MR) is 98.3 cm³/mol. The van der Waals surface area contributed by atoms with Crippen molar-refractivity contribution < 1.29 is 0 Å². The molecule has 0 bridgehead atoms. The molecule has 0 amide bonds. The van der Waals surface area contributed by atoms with Crippen LogP contribution in [0.15, 0.2) is 97.3 Å². The SMILES string of the molecule is c1ccc(-c2ccc(-c3ccccc3-c3ccccn3)nc2)cc1. The van der Waals surface area contributed by atoms with E-state index < -0.39 is 0 Å². The Morgan fingerprint density at radius 1 is 0.458 bits per heavy atom. The number of hydrogen-bond donors (Lipinski definition) is 0. The van der Waals surface area contributed by atoms with Crippen molar-refractivity contribution in [2.75, 3.05) is 0 Å². The Bertz CT molecular complexity index is 930. The second-order valence-electron chi connectivity index (χ2n) is 5.56. The quantitative estimate of drug-likeness (QED) is 0.501. The first-order valence-electron chi connectivity index (χ1n) is 7.94. The fourth-order valence-electron chi connectivity index (χ4n) is 2.81. The summed E-state index contributed by atoms with van der Waals surface area (Å²) in [5, 5.41) is 0. The lowest BCUT2D eigenvalue weighted by Crippen LogP contribution is -1.90.